The number of anilines is 1. The Morgan fingerprint density at radius 3 is 3.06 bits per heavy atom. The molecule has 9 heteroatoms. The molecule has 1 fully saturated rings. The van der Waals surface area contributed by atoms with Crippen LogP contribution in [0.25, 0.3) is 17.2 Å². The van der Waals surface area contributed by atoms with Gasteiger partial charge in [-0.05, 0) is 31.0 Å². The van der Waals surface area contributed by atoms with E-state index in [2.05, 4.69) is 31.7 Å². The molecule has 0 unspecified atom stereocenters. The lowest BCUT2D eigenvalue weighted by molar-refractivity contribution is 0.0710. The molecule has 1 aliphatic heterocycles. The van der Waals surface area contributed by atoms with Crippen molar-refractivity contribution in [3.8, 4) is 11.5 Å². The maximum Gasteiger partial charge on any atom is 0.180 e. The van der Waals surface area contributed by atoms with E-state index < -0.39 is 0 Å². The number of ether oxygens (including phenoxy) is 2. The minimum atomic E-state index is -0.338. The van der Waals surface area contributed by atoms with Crippen LogP contribution >= 0.6 is 0 Å². The molecule has 0 saturated carbocycles. The lowest BCUT2D eigenvalue weighted by Gasteiger charge is -2.36. The quantitative estimate of drug-likeness (QED) is 0.527. The minimum absolute atomic E-state index is 0.229. The summed E-state index contributed by atoms with van der Waals surface area (Å²) in [5.41, 5.74) is 2.26. The van der Waals surface area contributed by atoms with E-state index in [1.807, 2.05) is 6.07 Å². The van der Waals surface area contributed by atoms with Crippen LogP contribution in [0.4, 0.5) is 10.2 Å². The zero-order chi connectivity index (χ0) is 21.6. The highest BCUT2D eigenvalue weighted by atomic mass is 19.1. The van der Waals surface area contributed by atoms with Gasteiger partial charge in [0.2, 0.25) is 0 Å². The molecule has 164 valence electrons. The van der Waals surface area contributed by atoms with Crippen LogP contribution in [0.1, 0.15) is 12.8 Å². The number of rotatable bonds is 9. The number of piperidine rings is 1. The summed E-state index contributed by atoms with van der Waals surface area (Å²) >= 11 is 0. The predicted molar refractivity (Wildman–Crippen MR) is 116 cm³/mol. The summed E-state index contributed by atoms with van der Waals surface area (Å²) < 4.78 is 25.9. The van der Waals surface area contributed by atoms with Gasteiger partial charge in [0.05, 0.1) is 26.0 Å². The van der Waals surface area contributed by atoms with Crippen molar-refractivity contribution in [2.75, 3.05) is 45.3 Å². The normalized spacial score (nSPS) is 16.6. The van der Waals surface area contributed by atoms with Crippen LogP contribution < -0.4 is 5.32 Å². The van der Waals surface area contributed by atoms with Gasteiger partial charge >= 0.3 is 0 Å². The Labute approximate surface area is 180 Å². The summed E-state index contributed by atoms with van der Waals surface area (Å²) in [6.45, 7) is 7.59. The van der Waals surface area contributed by atoms with E-state index in [0.717, 1.165) is 37.4 Å². The van der Waals surface area contributed by atoms with Gasteiger partial charge in [-0.3, -0.25) is 4.40 Å². The maximum atomic E-state index is 13.7. The van der Waals surface area contributed by atoms with E-state index in [-0.39, 0.29) is 11.9 Å². The molecule has 0 aliphatic carbocycles. The van der Waals surface area contributed by atoms with Crippen molar-refractivity contribution < 1.29 is 13.9 Å². The Balaban J connectivity index is 1.41. The zero-order valence-electron chi connectivity index (χ0n) is 17.6. The molecule has 0 aromatic carbocycles. The first-order chi connectivity index (χ1) is 15.1. The Morgan fingerprint density at radius 1 is 1.29 bits per heavy atom. The topological polar surface area (TPSA) is 76.8 Å². The first-order valence-corrected chi connectivity index (χ1v) is 10.4. The fourth-order valence-electron chi connectivity index (χ4n) is 3.70. The first kappa shape index (κ1) is 21.2. The number of fused-ring (bicyclic) bond motifs is 1. The molecule has 0 spiro atoms. The number of hydrogen-bond donors (Lipinski definition) is 1. The molecule has 4 rings (SSSR count). The number of nitrogens with zero attached hydrogens (tertiary/aromatic N) is 5. The van der Waals surface area contributed by atoms with Crippen LogP contribution in [-0.2, 0) is 9.47 Å². The molecular formula is C22H27FN6O2. The molecule has 3 aromatic rings. The highest BCUT2D eigenvalue weighted by Crippen LogP contribution is 2.21. The minimum Gasteiger partial charge on any atom is -0.382 e. The first-order valence-electron chi connectivity index (χ1n) is 10.4. The molecule has 31 heavy (non-hydrogen) atoms. The van der Waals surface area contributed by atoms with Gasteiger partial charge in [-0.2, -0.15) is 0 Å². The number of hydrogen-bond acceptors (Lipinski definition) is 7. The fraction of sp³-hybridized carbons (Fsp3) is 0.409. The second kappa shape index (κ2) is 9.84. The zero-order valence-corrected chi connectivity index (χ0v) is 17.6. The van der Waals surface area contributed by atoms with Crippen LogP contribution in [0.3, 0.4) is 0 Å². The number of nitrogens with one attached hydrogen (secondary N) is 1. The molecule has 1 aliphatic rings. The van der Waals surface area contributed by atoms with Gasteiger partial charge in [-0.25, -0.2) is 19.3 Å². The Bertz CT molecular complexity index is 1040. The summed E-state index contributed by atoms with van der Waals surface area (Å²) in [6, 6.07) is 5.08. The highest BCUT2D eigenvalue weighted by molar-refractivity contribution is 5.58. The number of halogens is 1. The summed E-state index contributed by atoms with van der Waals surface area (Å²) in [6.07, 6.45) is 6.84. The van der Waals surface area contributed by atoms with Gasteiger partial charge in [0.15, 0.2) is 5.82 Å². The maximum absolute atomic E-state index is 13.7. The number of pyridine rings is 1. The fourth-order valence-corrected chi connectivity index (χ4v) is 3.70. The molecule has 0 amide bonds. The molecule has 1 atom stereocenters. The van der Waals surface area contributed by atoms with Crippen molar-refractivity contribution in [3.63, 3.8) is 0 Å². The summed E-state index contributed by atoms with van der Waals surface area (Å²) in [4.78, 5) is 15.6. The van der Waals surface area contributed by atoms with Crippen molar-refractivity contribution in [3.05, 3.63) is 54.9 Å². The standard InChI is InChI=1S/C22H27FN6O2/c1-16(15-31-11-10-30-2)28-9-3-4-18(14-28)26-20-7-8-24-22(27-20)19-12-25-21-6-5-17(23)13-29(19)21/h5-8,12-13,18H,1,3-4,9-11,14-15H2,2H3,(H,24,26,27)/t18-/m1/s1. The van der Waals surface area contributed by atoms with Gasteiger partial charge in [0.1, 0.15) is 23.0 Å². The summed E-state index contributed by atoms with van der Waals surface area (Å²) in [7, 11) is 1.66. The van der Waals surface area contributed by atoms with Crippen LogP contribution in [-0.4, -0.2) is 70.3 Å². The van der Waals surface area contributed by atoms with Gasteiger partial charge in [0, 0.05) is 44.3 Å². The van der Waals surface area contributed by atoms with Crippen LogP contribution in [0.5, 0.6) is 0 Å². The van der Waals surface area contributed by atoms with Gasteiger partial charge in [-0.15, -0.1) is 0 Å². The van der Waals surface area contributed by atoms with Crippen LogP contribution in [0.2, 0.25) is 0 Å². The smallest absolute Gasteiger partial charge is 0.180 e. The second-order valence-corrected chi connectivity index (χ2v) is 7.53. The number of methoxy groups -OCH3 is 1. The molecule has 4 heterocycles. The van der Waals surface area contributed by atoms with Crippen molar-refractivity contribution in [1.82, 2.24) is 24.3 Å². The predicted octanol–water partition coefficient (Wildman–Crippen LogP) is 2.98. The highest BCUT2D eigenvalue weighted by Gasteiger charge is 2.21. The molecular weight excluding hydrogens is 399 g/mol. The Morgan fingerprint density at radius 2 is 2.19 bits per heavy atom. The largest absolute Gasteiger partial charge is 0.382 e. The molecule has 1 saturated heterocycles. The van der Waals surface area contributed by atoms with E-state index in [0.29, 0.717) is 37.0 Å². The van der Waals surface area contributed by atoms with Gasteiger partial charge < -0.3 is 19.7 Å². The van der Waals surface area contributed by atoms with Crippen LogP contribution in [0, 0.1) is 5.82 Å². The van der Waals surface area contributed by atoms with E-state index >= 15 is 0 Å². The number of aromatic nitrogens is 4. The second-order valence-electron chi connectivity index (χ2n) is 7.53. The van der Waals surface area contributed by atoms with Crippen molar-refractivity contribution in [1.29, 1.82) is 0 Å². The van der Waals surface area contributed by atoms with Crippen molar-refractivity contribution in [2.24, 2.45) is 0 Å². The monoisotopic (exact) mass is 426 g/mol. The van der Waals surface area contributed by atoms with E-state index in [1.54, 1.807) is 30.0 Å². The van der Waals surface area contributed by atoms with E-state index in [9.17, 15) is 4.39 Å². The number of imidazole rings is 1. The Hall–Kier alpha value is -3.04. The summed E-state index contributed by atoms with van der Waals surface area (Å²) in [5.74, 6) is 0.881. The van der Waals surface area contributed by atoms with Crippen LogP contribution in [0.15, 0.2) is 49.1 Å². The lowest BCUT2D eigenvalue weighted by Crippen LogP contribution is -2.42. The molecule has 3 aromatic heterocycles. The Kier molecular flexibility index (Phi) is 6.73. The van der Waals surface area contributed by atoms with Gasteiger partial charge in [0.25, 0.3) is 0 Å². The lowest BCUT2D eigenvalue weighted by atomic mass is 10.1. The SMILES string of the molecule is C=C(COCCOC)N1CCC[C@@H](Nc2ccnc(-c3cnc4ccc(F)cn34)n2)C1. The van der Waals surface area contributed by atoms with E-state index in [1.165, 1.54) is 12.3 Å². The number of likely N-dealkylation sites (tertiary alicyclic amines) is 1. The van der Waals surface area contributed by atoms with E-state index in [4.69, 9.17) is 9.47 Å². The third kappa shape index (κ3) is 5.18. The molecule has 8 nitrogen and oxygen atoms in total. The molecule has 1 N–H and O–H groups in total. The summed E-state index contributed by atoms with van der Waals surface area (Å²) in [5, 5.41) is 3.51. The van der Waals surface area contributed by atoms with Crippen molar-refractivity contribution in [2.45, 2.75) is 18.9 Å². The third-order valence-electron chi connectivity index (χ3n) is 5.28. The van der Waals surface area contributed by atoms with Crippen molar-refractivity contribution >= 4 is 11.5 Å². The molecule has 0 bridgehead atoms. The third-order valence-corrected chi connectivity index (χ3v) is 5.28. The van der Waals surface area contributed by atoms with Gasteiger partial charge in [-0.1, -0.05) is 6.58 Å². The average Bonchev–Trinajstić information content (AvgIpc) is 3.20. The average molecular weight is 426 g/mol. The molecule has 0 radical (unpaired) electrons.